The molecule has 1 aromatic rings. The molecule has 0 fully saturated rings. The molecular weight excluding hydrogens is 348 g/mol. The molecule has 0 unspecified atom stereocenters. The zero-order valence-corrected chi connectivity index (χ0v) is 16.9. The minimum atomic E-state index is -0.703. The molecule has 1 rings (SSSR count). The topological polar surface area (TPSA) is 113 Å². The first kappa shape index (κ1) is 22.8. The van der Waals surface area contributed by atoms with Crippen molar-refractivity contribution in [3.8, 4) is 0 Å². The first-order chi connectivity index (χ1) is 12.7. The van der Waals surface area contributed by atoms with Crippen LogP contribution in [0.15, 0.2) is 12.5 Å². The first-order valence-corrected chi connectivity index (χ1v) is 9.31. The molecule has 1 aromatic heterocycles. The van der Waals surface area contributed by atoms with Gasteiger partial charge < -0.3 is 20.4 Å². The van der Waals surface area contributed by atoms with Crippen molar-refractivity contribution in [3.63, 3.8) is 0 Å². The molecule has 27 heavy (non-hydrogen) atoms. The second-order valence-corrected chi connectivity index (χ2v) is 7.59. The number of carbonyl (C=O) groups excluding carboxylic acids is 3. The van der Waals surface area contributed by atoms with Gasteiger partial charge in [0.2, 0.25) is 11.8 Å². The van der Waals surface area contributed by atoms with Crippen LogP contribution in [0.5, 0.6) is 0 Å². The summed E-state index contributed by atoms with van der Waals surface area (Å²) in [5, 5.41) is 5.57. The molecule has 0 aliphatic heterocycles. The summed E-state index contributed by atoms with van der Waals surface area (Å²) in [6.45, 7) is 7.86. The van der Waals surface area contributed by atoms with E-state index in [9.17, 15) is 14.4 Å². The van der Waals surface area contributed by atoms with E-state index in [1.54, 1.807) is 6.20 Å². The zero-order chi connectivity index (χ0) is 20.4. The average molecular weight is 380 g/mol. The van der Waals surface area contributed by atoms with Crippen LogP contribution in [0.3, 0.4) is 0 Å². The maximum atomic E-state index is 12.8. The highest BCUT2D eigenvalue weighted by Crippen LogP contribution is 2.10. The lowest BCUT2D eigenvalue weighted by molar-refractivity contribution is -0.133. The second kappa shape index (κ2) is 11.5. The van der Waals surface area contributed by atoms with E-state index < -0.39 is 12.1 Å². The number of methoxy groups -OCH3 is 1. The Balaban J connectivity index is 2.78. The number of aromatic amines is 1. The molecule has 0 saturated heterocycles. The number of nitrogens with zero attached hydrogens (tertiary/aromatic N) is 1. The lowest BCUT2D eigenvalue weighted by atomic mass is 9.98. The van der Waals surface area contributed by atoms with Crippen LogP contribution in [0.1, 0.15) is 46.2 Å². The molecule has 8 nitrogen and oxygen atoms in total. The van der Waals surface area contributed by atoms with Gasteiger partial charge in [-0.05, 0) is 24.7 Å². The molecule has 2 amide bonds. The summed E-state index contributed by atoms with van der Waals surface area (Å²) in [4.78, 5) is 44.1. The standard InChI is InChI=1S/C19H32N4O4/c1-12(2)6-15(17(24)10-27-5)23-19(26)16(7-13(3)4)22-18(25)8-14-9-20-11-21-14/h9,11-13,15-16H,6-8,10H2,1-5H3,(H,20,21)(H,22,25)(H,23,26)/t15-,16-/m0/s1. The summed E-state index contributed by atoms with van der Waals surface area (Å²) in [6.07, 6.45) is 4.18. The molecule has 0 spiro atoms. The molecule has 0 bridgehead atoms. The molecule has 0 aromatic carbocycles. The maximum Gasteiger partial charge on any atom is 0.243 e. The molecule has 152 valence electrons. The molecule has 0 aliphatic rings. The van der Waals surface area contributed by atoms with Crippen molar-refractivity contribution in [1.29, 1.82) is 0 Å². The number of ether oxygens (including phenoxy) is 1. The van der Waals surface area contributed by atoms with Gasteiger partial charge in [-0.25, -0.2) is 4.98 Å². The summed E-state index contributed by atoms with van der Waals surface area (Å²) in [6, 6.07) is -1.33. The van der Waals surface area contributed by atoms with Gasteiger partial charge in [-0.1, -0.05) is 27.7 Å². The summed E-state index contributed by atoms with van der Waals surface area (Å²) >= 11 is 0. The van der Waals surface area contributed by atoms with Crippen molar-refractivity contribution in [1.82, 2.24) is 20.6 Å². The Bertz CT molecular complexity index is 599. The largest absolute Gasteiger partial charge is 0.377 e. The summed E-state index contributed by atoms with van der Waals surface area (Å²) in [7, 11) is 1.45. The summed E-state index contributed by atoms with van der Waals surface area (Å²) in [5.41, 5.74) is 0.671. The van der Waals surface area contributed by atoms with Crippen molar-refractivity contribution in [2.45, 2.75) is 59.0 Å². The highest BCUT2D eigenvalue weighted by Gasteiger charge is 2.27. The monoisotopic (exact) mass is 380 g/mol. The Hall–Kier alpha value is -2.22. The molecular formula is C19H32N4O4. The van der Waals surface area contributed by atoms with Crippen LogP contribution in [0.25, 0.3) is 0 Å². The van der Waals surface area contributed by atoms with Gasteiger partial charge in [0.05, 0.1) is 18.8 Å². The lowest BCUT2D eigenvalue weighted by Gasteiger charge is -2.24. The van der Waals surface area contributed by atoms with Gasteiger partial charge in [-0.15, -0.1) is 0 Å². The van der Waals surface area contributed by atoms with Crippen molar-refractivity contribution >= 4 is 17.6 Å². The lowest BCUT2D eigenvalue weighted by Crippen LogP contribution is -2.53. The van der Waals surface area contributed by atoms with Crippen LogP contribution in [-0.2, 0) is 25.5 Å². The van der Waals surface area contributed by atoms with E-state index in [4.69, 9.17) is 4.74 Å². The van der Waals surface area contributed by atoms with Crippen molar-refractivity contribution < 1.29 is 19.1 Å². The quantitative estimate of drug-likeness (QED) is 0.505. The number of nitrogens with one attached hydrogen (secondary N) is 3. The molecule has 3 N–H and O–H groups in total. The first-order valence-electron chi connectivity index (χ1n) is 9.31. The van der Waals surface area contributed by atoms with E-state index in [1.807, 2.05) is 27.7 Å². The predicted molar refractivity (Wildman–Crippen MR) is 102 cm³/mol. The fraction of sp³-hybridized carbons (Fsp3) is 0.684. The highest BCUT2D eigenvalue weighted by atomic mass is 16.5. The van der Waals surface area contributed by atoms with Gasteiger partial charge in [0.15, 0.2) is 5.78 Å². The third-order valence-corrected chi connectivity index (χ3v) is 3.96. The van der Waals surface area contributed by atoms with Crippen LogP contribution in [0, 0.1) is 11.8 Å². The number of amides is 2. The molecule has 1 heterocycles. The van der Waals surface area contributed by atoms with E-state index in [0.29, 0.717) is 18.5 Å². The van der Waals surface area contributed by atoms with E-state index in [-0.39, 0.29) is 42.5 Å². The molecule has 8 heteroatoms. The zero-order valence-electron chi connectivity index (χ0n) is 16.9. The fourth-order valence-corrected chi connectivity index (χ4v) is 2.76. The minimum absolute atomic E-state index is 0.0568. The van der Waals surface area contributed by atoms with Gasteiger partial charge in [-0.3, -0.25) is 14.4 Å². The number of Topliss-reactive ketones (excluding diaryl/α,β-unsaturated/α-hetero) is 1. The van der Waals surface area contributed by atoms with E-state index in [1.165, 1.54) is 13.4 Å². The van der Waals surface area contributed by atoms with Crippen LogP contribution in [0.2, 0.25) is 0 Å². The van der Waals surface area contributed by atoms with E-state index in [0.717, 1.165) is 0 Å². The van der Waals surface area contributed by atoms with Gasteiger partial charge in [-0.2, -0.15) is 0 Å². The number of H-pyrrole nitrogens is 1. The molecule has 0 radical (unpaired) electrons. The number of imidazole rings is 1. The maximum absolute atomic E-state index is 12.8. The Morgan fingerprint density at radius 3 is 2.22 bits per heavy atom. The van der Waals surface area contributed by atoms with Crippen LogP contribution in [0.4, 0.5) is 0 Å². The number of ketones is 1. The minimum Gasteiger partial charge on any atom is -0.377 e. The van der Waals surface area contributed by atoms with Gasteiger partial charge in [0, 0.05) is 19.0 Å². The van der Waals surface area contributed by atoms with Crippen molar-refractivity contribution in [2.75, 3.05) is 13.7 Å². The predicted octanol–water partition coefficient (Wildman–Crippen LogP) is 1.23. The van der Waals surface area contributed by atoms with Crippen molar-refractivity contribution in [2.24, 2.45) is 11.8 Å². The number of hydrogen-bond acceptors (Lipinski definition) is 5. The van der Waals surface area contributed by atoms with Gasteiger partial charge >= 0.3 is 0 Å². The van der Waals surface area contributed by atoms with Gasteiger partial charge in [0.25, 0.3) is 0 Å². The Kier molecular flexibility index (Phi) is 9.71. The second-order valence-electron chi connectivity index (χ2n) is 7.59. The number of carbonyl (C=O) groups is 3. The third kappa shape index (κ3) is 8.81. The van der Waals surface area contributed by atoms with Crippen LogP contribution >= 0.6 is 0 Å². The Morgan fingerprint density at radius 1 is 1.07 bits per heavy atom. The number of aromatic nitrogens is 2. The molecule has 0 saturated carbocycles. The fourth-order valence-electron chi connectivity index (χ4n) is 2.76. The average Bonchev–Trinajstić information content (AvgIpc) is 3.05. The normalized spacial score (nSPS) is 13.4. The number of rotatable bonds is 12. The van der Waals surface area contributed by atoms with Crippen molar-refractivity contribution in [3.05, 3.63) is 18.2 Å². The third-order valence-electron chi connectivity index (χ3n) is 3.96. The SMILES string of the molecule is COCC(=O)[C@H](CC(C)C)NC(=O)[C@H](CC(C)C)NC(=O)Cc1cnc[nH]1. The smallest absolute Gasteiger partial charge is 0.243 e. The van der Waals surface area contributed by atoms with Crippen LogP contribution < -0.4 is 10.6 Å². The summed E-state index contributed by atoms with van der Waals surface area (Å²) < 4.78 is 4.92. The van der Waals surface area contributed by atoms with E-state index >= 15 is 0 Å². The number of hydrogen-bond donors (Lipinski definition) is 3. The Morgan fingerprint density at radius 2 is 1.70 bits per heavy atom. The molecule has 2 atom stereocenters. The van der Waals surface area contributed by atoms with Crippen LogP contribution in [-0.4, -0.2) is 53.4 Å². The van der Waals surface area contributed by atoms with Gasteiger partial charge in [0.1, 0.15) is 12.6 Å². The highest BCUT2D eigenvalue weighted by molar-refractivity contribution is 5.93. The molecule has 0 aliphatic carbocycles. The summed E-state index contributed by atoms with van der Waals surface area (Å²) in [5.74, 6) is -0.367. The van der Waals surface area contributed by atoms with E-state index in [2.05, 4.69) is 20.6 Å². The Labute approximate surface area is 160 Å².